The minimum atomic E-state index is -4.45. The number of anilines is 1. The van der Waals surface area contributed by atoms with E-state index in [2.05, 4.69) is 9.97 Å². The molecular weight excluding hydrogens is 323 g/mol. The van der Waals surface area contributed by atoms with Gasteiger partial charge in [-0.05, 0) is 37.1 Å². The Morgan fingerprint density at radius 3 is 2.67 bits per heavy atom. The minimum Gasteiger partial charge on any atom is -0.477 e. The predicted molar refractivity (Wildman–Crippen MR) is 79.8 cm³/mol. The van der Waals surface area contributed by atoms with E-state index >= 15 is 0 Å². The number of aromatic carboxylic acids is 1. The van der Waals surface area contributed by atoms with Gasteiger partial charge in [-0.15, -0.1) is 0 Å². The van der Waals surface area contributed by atoms with Crippen molar-refractivity contribution in [2.75, 3.05) is 4.90 Å². The molecule has 3 heterocycles. The van der Waals surface area contributed by atoms with Crippen LogP contribution in [-0.4, -0.2) is 21.0 Å². The Bertz CT molecular complexity index is 821. The number of fused-ring (bicyclic) bond motifs is 1. The van der Waals surface area contributed by atoms with Gasteiger partial charge >= 0.3 is 12.1 Å². The van der Waals surface area contributed by atoms with Crippen LogP contribution >= 0.6 is 0 Å². The molecule has 3 rings (SSSR count). The third-order valence-electron chi connectivity index (χ3n) is 4.19. The van der Waals surface area contributed by atoms with Crippen LogP contribution in [0.25, 0.3) is 0 Å². The van der Waals surface area contributed by atoms with Crippen LogP contribution in [0.1, 0.15) is 45.7 Å². The summed E-state index contributed by atoms with van der Waals surface area (Å²) in [6.45, 7) is 3.66. The van der Waals surface area contributed by atoms with Crippen LogP contribution in [0.3, 0.4) is 0 Å². The molecule has 0 radical (unpaired) electrons. The summed E-state index contributed by atoms with van der Waals surface area (Å²) in [5, 5.41) is 9.25. The standard InChI is InChI=1S/C16H14F3N3O2/c1-8-5-10(16(17,18)19)6-21-14(8)22-7-12-11(9(22)2)3-4-20-13(12)15(23)24/h3-6,9H,7H2,1-2H3,(H,23,24). The number of hydrogen-bond acceptors (Lipinski definition) is 4. The number of rotatable bonds is 2. The molecule has 0 fully saturated rings. The van der Waals surface area contributed by atoms with Crippen LogP contribution < -0.4 is 4.90 Å². The van der Waals surface area contributed by atoms with E-state index < -0.39 is 17.7 Å². The summed E-state index contributed by atoms with van der Waals surface area (Å²) >= 11 is 0. The maximum atomic E-state index is 12.8. The minimum absolute atomic E-state index is 0.0357. The summed E-state index contributed by atoms with van der Waals surface area (Å²) in [6.07, 6.45) is -2.22. The molecule has 0 spiro atoms. The molecule has 2 aromatic rings. The van der Waals surface area contributed by atoms with E-state index in [0.717, 1.165) is 17.8 Å². The number of carboxylic acid groups (broad SMARTS) is 1. The molecule has 1 N–H and O–H groups in total. The average Bonchev–Trinajstić information content (AvgIpc) is 2.83. The number of pyridine rings is 2. The Hall–Kier alpha value is -2.64. The molecule has 0 saturated heterocycles. The lowest BCUT2D eigenvalue weighted by Gasteiger charge is -2.25. The largest absolute Gasteiger partial charge is 0.477 e. The predicted octanol–water partition coefficient (Wildman–Crippen LogP) is 3.58. The Kier molecular flexibility index (Phi) is 3.70. The van der Waals surface area contributed by atoms with E-state index in [0.29, 0.717) is 16.9 Å². The molecule has 24 heavy (non-hydrogen) atoms. The van der Waals surface area contributed by atoms with Crippen molar-refractivity contribution in [3.63, 3.8) is 0 Å². The quantitative estimate of drug-likeness (QED) is 0.907. The molecule has 1 atom stereocenters. The fraction of sp³-hybridized carbons (Fsp3) is 0.312. The zero-order chi connectivity index (χ0) is 17.6. The number of nitrogens with zero attached hydrogens (tertiary/aromatic N) is 3. The van der Waals surface area contributed by atoms with E-state index in [1.807, 2.05) is 6.92 Å². The second-order valence-electron chi connectivity index (χ2n) is 5.70. The first-order chi connectivity index (χ1) is 11.2. The summed E-state index contributed by atoms with van der Waals surface area (Å²) in [7, 11) is 0. The molecule has 1 aliphatic heterocycles. The summed E-state index contributed by atoms with van der Waals surface area (Å²) in [6, 6.07) is 2.57. The summed E-state index contributed by atoms with van der Waals surface area (Å²) in [5.41, 5.74) is 0.906. The van der Waals surface area contributed by atoms with Gasteiger partial charge in [0.15, 0.2) is 5.69 Å². The molecule has 0 aromatic carbocycles. The molecule has 5 nitrogen and oxygen atoms in total. The van der Waals surface area contributed by atoms with Crippen LogP contribution in [0.4, 0.5) is 19.0 Å². The first kappa shape index (κ1) is 16.2. The molecule has 8 heteroatoms. The maximum absolute atomic E-state index is 12.8. The lowest BCUT2D eigenvalue weighted by molar-refractivity contribution is -0.137. The van der Waals surface area contributed by atoms with Crippen molar-refractivity contribution in [2.24, 2.45) is 0 Å². The monoisotopic (exact) mass is 337 g/mol. The third kappa shape index (κ3) is 2.57. The normalized spacial score (nSPS) is 17.0. The van der Waals surface area contributed by atoms with Gasteiger partial charge in [0.05, 0.1) is 11.6 Å². The van der Waals surface area contributed by atoms with E-state index in [1.165, 1.54) is 6.20 Å². The van der Waals surface area contributed by atoms with Crippen molar-refractivity contribution in [2.45, 2.75) is 32.6 Å². The second kappa shape index (κ2) is 5.47. The van der Waals surface area contributed by atoms with Gasteiger partial charge in [-0.1, -0.05) is 0 Å². The van der Waals surface area contributed by atoms with Gasteiger partial charge in [0.25, 0.3) is 0 Å². The molecule has 0 bridgehead atoms. The lowest BCUT2D eigenvalue weighted by atomic mass is 10.1. The Balaban J connectivity index is 2.01. The van der Waals surface area contributed by atoms with Crippen molar-refractivity contribution in [1.82, 2.24) is 9.97 Å². The fourth-order valence-corrected chi connectivity index (χ4v) is 3.01. The van der Waals surface area contributed by atoms with Gasteiger partial charge in [-0.25, -0.2) is 14.8 Å². The zero-order valence-corrected chi connectivity index (χ0v) is 12.9. The maximum Gasteiger partial charge on any atom is 0.417 e. The molecule has 1 aliphatic rings. The zero-order valence-electron chi connectivity index (χ0n) is 12.9. The van der Waals surface area contributed by atoms with E-state index in [4.69, 9.17) is 0 Å². The topological polar surface area (TPSA) is 66.3 Å². The summed E-state index contributed by atoms with van der Waals surface area (Å²) < 4.78 is 38.3. The van der Waals surface area contributed by atoms with E-state index in [1.54, 1.807) is 17.9 Å². The van der Waals surface area contributed by atoms with Crippen molar-refractivity contribution in [3.8, 4) is 0 Å². The third-order valence-corrected chi connectivity index (χ3v) is 4.19. The number of aryl methyl sites for hydroxylation is 1. The molecule has 0 amide bonds. The highest BCUT2D eigenvalue weighted by Crippen LogP contribution is 2.39. The molecular formula is C16H14F3N3O2. The molecule has 0 saturated carbocycles. The molecule has 0 aliphatic carbocycles. The van der Waals surface area contributed by atoms with Gasteiger partial charge in [0, 0.05) is 24.5 Å². The fourth-order valence-electron chi connectivity index (χ4n) is 3.01. The first-order valence-electron chi connectivity index (χ1n) is 7.21. The number of carbonyl (C=O) groups is 1. The van der Waals surface area contributed by atoms with Crippen molar-refractivity contribution in [3.05, 3.63) is 52.5 Å². The van der Waals surface area contributed by atoms with Crippen LogP contribution in [0.15, 0.2) is 24.5 Å². The highest BCUT2D eigenvalue weighted by Gasteiger charge is 2.35. The smallest absolute Gasteiger partial charge is 0.417 e. The van der Waals surface area contributed by atoms with Gasteiger partial charge in [0.1, 0.15) is 5.82 Å². The summed E-state index contributed by atoms with van der Waals surface area (Å²) in [5.74, 6) is -0.721. The van der Waals surface area contributed by atoms with E-state index in [-0.39, 0.29) is 18.3 Å². The number of hydrogen-bond donors (Lipinski definition) is 1. The Morgan fingerprint density at radius 1 is 1.38 bits per heavy atom. The van der Waals surface area contributed by atoms with Crippen molar-refractivity contribution in [1.29, 1.82) is 0 Å². The van der Waals surface area contributed by atoms with Gasteiger partial charge in [0.2, 0.25) is 0 Å². The molecule has 126 valence electrons. The average molecular weight is 337 g/mol. The van der Waals surface area contributed by atoms with Gasteiger partial charge in [-0.3, -0.25) is 0 Å². The summed E-state index contributed by atoms with van der Waals surface area (Å²) in [4.78, 5) is 21.0. The van der Waals surface area contributed by atoms with E-state index in [9.17, 15) is 23.1 Å². The highest BCUT2D eigenvalue weighted by atomic mass is 19.4. The Morgan fingerprint density at radius 2 is 2.08 bits per heavy atom. The number of carboxylic acids is 1. The number of aromatic nitrogens is 2. The van der Waals surface area contributed by atoms with Crippen molar-refractivity contribution >= 4 is 11.8 Å². The SMILES string of the molecule is Cc1cc(C(F)(F)F)cnc1N1Cc2c(ccnc2C(=O)O)C1C. The highest BCUT2D eigenvalue weighted by molar-refractivity contribution is 5.88. The van der Waals surface area contributed by atoms with Crippen molar-refractivity contribution < 1.29 is 23.1 Å². The molecule has 1 unspecified atom stereocenters. The van der Waals surface area contributed by atoms with Crippen LogP contribution in [0, 0.1) is 6.92 Å². The number of alkyl halides is 3. The van der Waals surface area contributed by atoms with Gasteiger partial charge < -0.3 is 10.0 Å². The first-order valence-corrected chi connectivity index (χ1v) is 7.21. The molecule has 2 aromatic heterocycles. The van der Waals surface area contributed by atoms with Crippen LogP contribution in [-0.2, 0) is 12.7 Å². The van der Waals surface area contributed by atoms with Crippen LogP contribution in [0.2, 0.25) is 0 Å². The second-order valence-corrected chi connectivity index (χ2v) is 5.70. The van der Waals surface area contributed by atoms with Gasteiger partial charge in [-0.2, -0.15) is 13.2 Å². The number of halogens is 3. The van der Waals surface area contributed by atoms with Crippen LogP contribution in [0.5, 0.6) is 0 Å². The lowest BCUT2D eigenvalue weighted by Crippen LogP contribution is -2.22. The Labute approximate surface area is 135 Å².